The molecule has 546 valence electrons. The maximum Gasteiger partial charge on any atom is 0.0465 e. The highest BCUT2D eigenvalue weighted by molar-refractivity contribution is 5.93. The molecule has 0 spiro atoms. The molecule has 4 heteroatoms. The third kappa shape index (κ3) is 12.4. The van der Waals surface area contributed by atoms with Crippen molar-refractivity contribution in [1.82, 2.24) is 0 Å². The molecule has 19 rings (SSSR count). The van der Waals surface area contributed by atoms with E-state index in [1.165, 1.54) is 134 Å². The van der Waals surface area contributed by atoms with E-state index in [0.717, 1.165) is 68.2 Å². The highest BCUT2D eigenvalue weighted by Gasteiger charge is 2.40. The molecule has 4 nitrogen and oxygen atoms in total. The van der Waals surface area contributed by atoms with Crippen LogP contribution in [0.3, 0.4) is 0 Å². The van der Waals surface area contributed by atoms with Gasteiger partial charge < -0.3 is 19.6 Å². The molecule has 0 unspecified atom stereocenters. The number of anilines is 12. The van der Waals surface area contributed by atoms with Crippen LogP contribution < -0.4 is 19.6 Å². The summed E-state index contributed by atoms with van der Waals surface area (Å²) in [6.45, 7) is 23.0. The predicted molar refractivity (Wildman–Crippen MR) is 479 cm³/mol. The van der Waals surface area contributed by atoms with Gasteiger partial charge in [0.05, 0.1) is 0 Å². The molecule has 16 aromatic carbocycles. The van der Waals surface area contributed by atoms with Crippen LogP contribution in [-0.2, 0) is 16.2 Å². The van der Waals surface area contributed by atoms with Crippen LogP contribution in [0.25, 0.3) is 77.9 Å². The van der Waals surface area contributed by atoms with Crippen LogP contribution in [0.5, 0.6) is 0 Å². The first-order chi connectivity index (χ1) is 54.9. The minimum absolute atomic E-state index is 0.239. The molecule has 0 fully saturated rings. The van der Waals surface area contributed by atoms with Crippen LogP contribution in [0.2, 0.25) is 0 Å². The lowest BCUT2D eigenvalue weighted by molar-refractivity contribution is 0.660. The lowest BCUT2D eigenvalue weighted by Crippen LogP contribution is -2.17. The molecule has 0 saturated heterocycles. The lowest BCUT2D eigenvalue weighted by Gasteiger charge is -2.29. The van der Waals surface area contributed by atoms with Crippen LogP contribution in [0.4, 0.5) is 68.2 Å². The monoisotopic (exact) mass is 1450 g/mol. The molecule has 0 radical (unpaired) electrons. The summed E-state index contributed by atoms with van der Waals surface area (Å²) < 4.78 is 0. The Morgan fingerprint density at radius 2 is 0.310 bits per heavy atom. The molecule has 16 aromatic rings. The summed E-state index contributed by atoms with van der Waals surface area (Å²) in [4.78, 5) is 9.66. The van der Waals surface area contributed by atoms with Crippen LogP contribution in [-0.4, -0.2) is 0 Å². The van der Waals surface area contributed by atoms with E-state index in [-0.39, 0.29) is 16.2 Å². The van der Waals surface area contributed by atoms with E-state index < -0.39 is 0 Å². The van der Waals surface area contributed by atoms with E-state index in [4.69, 9.17) is 0 Å². The molecule has 0 bridgehead atoms. The molecule has 3 aliphatic rings. The van der Waals surface area contributed by atoms with Crippen molar-refractivity contribution in [3.8, 4) is 77.9 Å². The molecule has 0 saturated carbocycles. The van der Waals surface area contributed by atoms with E-state index in [2.05, 4.69) is 453 Å². The lowest BCUT2D eigenvalue weighted by atomic mass is 9.81. The average Bonchev–Trinajstić information content (AvgIpc) is 1.59. The van der Waals surface area contributed by atoms with E-state index in [9.17, 15) is 0 Å². The number of fused-ring (bicyclic) bond motifs is 9. The largest absolute Gasteiger partial charge is 0.310 e. The van der Waals surface area contributed by atoms with Gasteiger partial charge in [-0.1, -0.05) is 270 Å². The van der Waals surface area contributed by atoms with Crippen molar-refractivity contribution in [2.24, 2.45) is 0 Å². The minimum Gasteiger partial charge on any atom is -0.310 e. The fourth-order valence-corrected chi connectivity index (χ4v) is 18.1. The Bertz CT molecular complexity index is 5910. The van der Waals surface area contributed by atoms with Gasteiger partial charge in [0.25, 0.3) is 0 Å². The van der Waals surface area contributed by atoms with E-state index in [0.29, 0.717) is 0 Å². The van der Waals surface area contributed by atoms with Gasteiger partial charge in [-0.15, -0.1) is 0 Å². The fourth-order valence-electron chi connectivity index (χ4n) is 18.1. The molecular weight excluding hydrogens is 1370 g/mol. The number of hydrogen-bond donors (Lipinski definition) is 0. The van der Waals surface area contributed by atoms with Crippen molar-refractivity contribution in [1.29, 1.82) is 0 Å². The van der Waals surface area contributed by atoms with Crippen molar-refractivity contribution in [2.75, 3.05) is 19.6 Å². The second-order valence-corrected chi connectivity index (χ2v) is 32.9. The molecule has 0 aliphatic heterocycles. The number of benzene rings is 16. The molecule has 0 heterocycles. The maximum absolute atomic E-state index is 2.45. The second-order valence-electron chi connectivity index (χ2n) is 32.9. The van der Waals surface area contributed by atoms with Gasteiger partial charge in [0.1, 0.15) is 0 Å². The normalized spacial score (nSPS) is 13.4. The van der Waals surface area contributed by atoms with Gasteiger partial charge in [0, 0.05) is 84.5 Å². The maximum atomic E-state index is 2.45. The predicted octanol–water partition coefficient (Wildman–Crippen LogP) is 30.4. The summed E-state index contributed by atoms with van der Waals surface area (Å²) in [5.41, 5.74) is 42.9. The topological polar surface area (TPSA) is 13.0 Å². The Labute approximate surface area is 666 Å². The van der Waals surface area contributed by atoms with Gasteiger partial charge >= 0.3 is 0 Å². The van der Waals surface area contributed by atoms with Crippen LogP contribution >= 0.6 is 0 Å². The third-order valence-corrected chi connectivity index (χ3v) is 24.5. The van der Waals surface area contributed by atoms with Gasteiger partial charge in [0.15, 0.2) is 0 Å². The van der Waals surface area contributed by atoms with Gasteiger partial charge in [-0.25, -0.2) is 0 Å². The van der Waals surface area contributed by atoms with Gasteiger partial charge in [-0.2, -0.15) is 0 Å². The van der Waals surface area contributed by atoms with Crippen LogP contribution in [0.15, 0.2) is 364 Å². The summed E-state index contributed by atoms with van der Waals surface area (Å²) in [5.74, 6) is 0. The first-order valence-corrected chi connectivity index (χ1v) is 39.8. The number of nitrogens with zero attached hydrogens (tertiary/aromatic N) is 4. The van der Waals surface area contributed by atoms with Crippen molar-refractivity contribution < 1.29 is 0 Å². The summed E-state index contributed by atoms with van der Waals surface area (Å²) >= 11 is 0. The Morgan fingerprint density at radius 1 is 0.150 bits per heavy atom. The summed E-state index contributed by atoms with van der Waals surface area (Å²) in [5, 5.41) is 0. The third-order valence-electron chi connectivity index (χ3n) is 24.5. The smallest absolute Gasteiger partial charge is 0.0465 e. The Balaban J connectivity index is 0.585. The van der Waals surface area contributed by atoms with Crippen molar-refractivity contribution in [2.45, 2.75) is 85.5 Å². The highest BCUT2D eigenvalue weighted by atomic mass is 15.2. The number of hydrogen-bond acceptors (Lipinski definition) is 4. The average molecular weight is 1460 g/mol. The standard InChI is InChI=1S/C109H90N4/c1-71-21-39-83(40-22-71)110(87-47-29-77(30-48-87)75-17-13-11-14-18-75)91-55-61-97-99-63-57-93(69-105(99)108(7,8)103(97)67-91)112(85-43-25-73(3)26-44-85)89-51-33-79(34-52-89)81-37-59-95-96-60-38-82(66-102(96)107(5,6)101(95)65-81)80-35-53-90(54-36-80)113(86-45-27-74(4)28-46-86)94-58-64-100-98-62-56-92(68-104(98)109(9,10)106(100)70-94)111(84-41-23-72(2)24-42-84)88-49-31-78(32-50-88)76-19-15-12-16-20-76/h11-70H,1-10H3. The molecule has 0 amide bonds. The molecule has 3 aliphatic carbocycles. The van der Waals surface area contributed by atoms with E-state index in [1.807, 2.05) is 0 Å². The molecule has 0 N–H and O–H groups in total. The second kappa shape index (κ2) is 27.6. The first-order valence-electron chi connectivity index (χ1n) is 39.8. The van der Waals surface area contributed by atoms with Gasteiger partial charge in [-0.3, -0.25) is 0 Å². The Kier molecular flexibility index (Phi) is 17.1. The zero-order valence-corrected chi connectivity index (χ0v) is 65.9. The van der Waals surface area contributed by atoms with Crippen molar-refractivity contribution in [3.63, 3.8) is 0 Å². The SMILES string of the molecule is Cc1ccc(N(c2ccc(-c3ccccc3)cc2)c2ccc3c(c2)C(C)(C)c2cc(N(c4ccc(C)cc4)c4ccc(-c5ccc6c(c5)C(C)(C)c5cc(-c7ccc(N(c8ccc(C)cc8)c8ccc9c(c8)C(C)(C)c8cc(N(c%10ccc(C)cc%10)c%10ccc(-c%11ccccc%11)cc%10)ccc8-9)cc7)ccc5-6)cc4)ccc2-3)cc1. The fraction of sp³-hybridized carbons (Fsp3) is 0.119. The van der Waals surface area contributed by atoms with Crippen molar-refractivity contribution in [3.05, 3.63) is 420 Å². The minimum atomic E-state index is -0.285. The Hall–Kier alpha value is -13.3. The zero-order chi connectivity index (χ0) is 77.0. The van der Waals surface area contributed by atoms with E-state index in [1.54, 1.807) is 0 Å². The number of aryl methyl sites for hydroxylation is 4. The Morgan fingerprint density at radius 3 is 0.531 bits per heavy atom. The summed E-state index contributed by atoms with van der Waals surface area (Å²) in [6, 6.07) is 136. The van der Waals surface area contributed by atoms with Gasteiger partial charge in [0.2, 0.25) is 0 Å². The van der Waals surface area contributed by atoms with Crippen LogP contribution in [0.1, 0.15) is 97.2 Å². The zero-order valence-electron chi connectivity index (χ0n) is 65.9. The quantitative estimate of drug-likeness (QED) is 0.0956. The highest BCUT2D eigenvalue weighted by Crippen LogP contribution is 2.57. The van der Waals surface area contributed by atoms with Crippen LogP contribution in [0, 0.1) is 27.7 Å². The number of rotatable bonds is 16. The molecule has 0 atom stereocenters. The first kappa shape index (κ1) is 70.1. The molecule has 0 aromatic heterocycles. The molecular formula is C109H90N4. The van der Waals surface area contributed by atoms with Crippen molar-refractivity contribution >= 4 is 68.2 Å². The summed E-state index contributed by atoms with van der Waals surface area (Å²) in [7, 11) is 0. The summed E-state index contributed by atoms with van der Waals surface area (Å²) in [6.07, 6.45) is 0. The molecule has 113 heavy (non-hydrogen) atoms. The van der Waals surface area contributed by atoms with E-state index >= 15 is 0 Å². The van der Waals surface area contributed by atoms with Gasteiger partial charge in [-0.05, 0) is 297 Å².